The molecule has 0 heterocycles. The molecule has 0 bridgehead atoms. The molecule has 144 valence electrons. The highest BCUT2D eigenvalue weighted by Crippen LogP contribution is 2.07. The summed E-state index contributed by atoms with van der Waals surface area (Å²) in [5.74, 6) is -0.975. The lowest BCUT2D eigenvalue weighted by atomic mass is 10.2. The second-order valence-electron chi connectivity index (χ2n) is 6.23. The second-order valence-corrected chi connectivity index (χ2v) is 6.23. The van der Waals surface area contributed by atoms with Crippen molar-refractivity contribution in [2.75, 3.05) is 0 Å². The Bertz CT molecular complexity index is 994. The summed E-state index contributed by atoms with van der Waals surface area (Å²) in [4.78, 5) is 25.1. The topological polar surface area (TPSA) is 55.4 Å². The number of benzene rings is 3. The molecule has 0 spiro atoms. The van der Waals surface area contributed by atoms with E-state index in [9.17, 15) is 9.59 Å². The minimum absolute atomic E-state index is 0.0713. The standard InChI is InChI=1S/C25H21NO3/c27-24(22-16-8-3-9-17-22)26-23(18-10-15-20-11-4-1-5-12-20)25(28)29-19-21-13-6-2-7-14-21/h1-18H,19H2,(H,26,27). The normalized spacial score (nSPS) is 11.2. The Morgan fingerprint density at radius 2 is 1.38 bits per heavy atom. The van der Waals surface area contributed by atoms with Gasteiger partial charge in [0.25, 0.3) is 5.91 Å². The molecule has 4 nitrogen and oxygen atoms in total. The highest BCUT2D eigenvalue weighted by molar-refractivity contribution is 6.01. The minimum atomic E-state index is -0.601. The molecule has 0 aliphatic heterocycles. The molecule has 0 unspecified atom stereocenters. The van der Waals surface area contributed by atoms with Gasteiger partial charge in [0.2, 0.25) is 0 Å². The first-order valence-corrected chi connectivity index (χ1v) is 9.23. The van der Waals surface area contributed by atoms with Crippen molar-refractivity contribution in [3.8, 4) is 0 Å². The fourth-order valence-corrected chi connectivity index (χ4v) is 2.57. The Hall–Kier alpha value is -3.92. The van der Waals surface area contributed by atoms with Crippen molar-refractivity contribution in [3.05, 3.63) is 126 Å². The van der Waals surface area contributed by atoms with Crippen molar-refractivity contribution in [3.63, 3.8) is 0 Å². The lowest BCUT2D eigenvalue weighted by Crippen LogP contribution is -2.28. The maximum absolute atomic E-state index is 12.6. The molecule has 0 saturated heterocycles. The van der Waals surface area contributed by atoms with Crippen LogP contribution >= 0.6 is 0 Å². The Balaban J connectivity index is 1.74. The average Bonchev–Trinajstić information content (AvgIpc) is 2.78. The first kappa shape index (κ1) is 19.8. The average molecular weight is 383 g/mol. The molecular weight excluding hydrogens is 362 g/mol. The highest BCUT2D eigenvalue weighted by atomic mass is 16.5. The van der Waals surface area contributed by atoms with E-state index in [0.717, 1.165) is 11.1 Å². The number of nitrogens with one attached hydrogen (secondary N) is 1. The number of amides is 1. The van der Waals surface area contributed by atoms with Gasteiger partial charge in [-0.1, -0.05) is 91.0 Å². The second kappa shape index (κ2) is 10.4. The van der Waals surface area contributed by atoms with Crippen molar-refractivity contribution in [1.82, 2.24) is 5.32 Å². The number of hydrogen-bond acceptors (Lipinski definition) is 3. The quantitative estimate of drug-likeness (QED) is 0.364. The predicted molar refractivity (Wildman–Crippen MR) is 114 cm³/mol. The van der Waals surface area contributed by atoms with Crippen LogP contribution in [0.15, 0.2) is 109 Å². The van der Waals surface area contributed by atoms with Gasteiger partial charge >= 0.3 is 5.97 Å². The van der Waals surface area contributed by atoms with Crippen LogP contribution in [0, 0.1) is 0 Å². The van der Waals surface area contributed by atoms with Crippen LogP contribution in [0.4, 0.5) is 0 Å². The maximum atomic E-state index is 12.6. The summed E-state index contributed by atoms with van der Waals surface area (Å²) < 4.78 is 5.37. The molecule has 0 aromatic heterocycles. The van der Waals surface area contributed by atoms with Crippen molar-refractivity contribution in [1.29, 1.82) is 0 Å². The molecule has 0 saturated carbocycles. The number of allylic oxidation sites excluding steroid dienone is 2. The van der Waals surface area contributed by atoms with Crippen molar-refractivity contribution < 1.29 is 14.3 Å². The van der Waals surface area contributed by atoms with E-state index in [1.54, 1.807) is 36.4 Å². The lowest BCUT2D eigenvalue weighted by Gasteiger charge is -2.10. The van der Waals surface area contributed by atoms with Crippen LogP contribution in [0.25, 0.3) is 6.08 Å². The highest BCUT2D eigenvalue weighted by Gasteiger charge is 2.15. The van der Waals surface area contributed by atoms with E-state index in [1.807, 2.05) is 72.8 Å². The van der Waals surface area contributed by atoms with Crippen LogP contribution in [-0.4, -0.2) is 11.9 Å². The fourth-order valence-electron chi connectivity index (χ4n) is 2.57. The van der Waals surface area contributed by atoms with Gasteiger partial charge in [-0.05, 0) is 29.3 Å². The number of rotatable bonds is 7. The van der Waals surface area contributed by atoms with Crippen molar-refractivity contribution >= 4 is 18.0 Å². The van der Waals surface area contributed by atoms with E-state index >= 15 is 0 Å². The Kier molecular flexibility index (Phi) is 7.13. The largest absolute Gasteiger partial charge is 0.456 e. The molecular formula is C25H21NO3. The third kappa shape index (κ3) is 6.33. The van der Waals surface area contributed by atoms with Crippen LogP contribution in [0.1, 0.15) is 21.5 Å². The summed E-state index contributed by atoms with van der Waals surface area (Å²) in [6, 6.07) is 27.8. The van der Waals surface area contributed by atoms with Gasteiger partial charge in [-0.15, -0.1) is 0 Å². The van der Waals surface area contributed by atoms with Crippen LogP contribution in [0.3, 0.4) is 0 Å². The van der Waals surface area contributed by atoms with E-state index in [1.165, 1.54) is 0 Å². The van der Waals surface area contributed by atoms with Crippen LogP contribution in [0.5, 0.6) is 0 Å². The van der Waals surface area contributed by atoms with Gasteiger partial charge in [0.05, 0.1) is 0 Å². The monoisotopic (exact) mass is 383 g/mol. The minimum Gasteiger partial charge on any atom is -0.456 e. The summed E-state index contributed by atoms with van der Waals surface area (Å²) in [7, 11) is 0. The summed E-state index contributed by atoms with van der Waals surface area (Å²) in [5.41, 5.74) is 2.38. The van der Waals surface area contributed by atoms with Gasteiger partial charge < -0.3 is 10.1 Å². The number of carbonyl (C=O) groups excluding carboxylic acids is 2. The Morgan fingerprint density at radius 1 is 0.793 bits per heavy atom. The first-order chi connectivity index (χ1) is 14.2. The molecule has 29 heavy (non-hydrogen) atoms. The Morgan fingerprint density at radius 3 is 2.03 bits per heavy atom. The van der Waals surface area contributed by atoms with Gasteiger partial charge in [-0.25, -0.2) is 4.79 Å². The van der Waals surface area contributed by atoms with E-state index in [4.69, 9.17) is 4.74 Å². The summed E-state index contributed by atoms with van der Waals surface area (Å²) in [5, 5.41) is 2.65. The van der Waals surface area contributed by atoms with Gasteiger partial charge in [-0.2, -0.15) is 0 Å². The lowest BCUT2D eigenvalue weighted by molar-refractivity contribution is -0.140. The van der Waals surface area contributed by atoms with E-state index in [-0.39, 0.29) is 18.2 Å². The molecule has 1 N–H and O–H groups in total. The zero-order valence-electron chi connectivity index (χ0n) is 15.8. The number of ether oxygens (including phenoxy) is 1. The zero-order valence-corrected chi connectivity index (χ0v) is 15.8. The molecule has 0 fully saturated rings. The Labute approximate surface area is 170 Å². The van der Waals surface area contributed by atoms with E-state index in [0.29, 0.717) is 5.56 Å². The zero-order chi connectivity index (χ0) is 20.3. The van der Waals surface area contributed by atoms with Gasteiger partial charge in [0, 0.05) is 5.56 Å². The molecule has 3 aromatic rings. The van der Waals surface area contributed by atoms with E-state index in [2.05, 4.69) is 5.32 Å². The SMILES string of the molecule is O=C(OCc1ccccc1)C(=CC=Cc1ccccc1)NC(=O)c1ccccc1. The van der Waals surface area contributed by atoms with Crippen molar-refractivity contribution in [2.45, 2.75) is 6.61 Å². The number of hydrogen-bond donors (Lipinski definition) is 1. The maximum Gasteiger partial charge on any atom is 0.355 e. The van der Waals surface area contributed by atoms with Gasteiger partial charge in [-0.3, -0.25) is 4.79 Å². The molecule has 3 rings (SSSR count). The molecule has 0 aliphatic carbocycles. The number of esters is 1. The third-order valence-electron chi connectivity index (χ3n) is 4.07. The molecule has 1 amide bonds. The van der Waals surface area contributed by atoms with Crippen molar-refractivity contribution in [2.24, 2.45) is 0 Å². The fraction of sp³-hybridized carbons (Fsp3) is 0.0400. The van der Waals surface area contributed by atoms with Crippen LogP contribution in [-0.2, 0) is 16.1 Å². The number of carbonyl (C=O) groups is 2. The predicted octanol–water partition coefficient (Wildman–Crippen LogP) is 4.76. The molecule has 0 radical (unpaired) electrons. The third-order valence-corrected chi connectivity index (χ3v) is 4.07. The first-order valence-electron chi connectivity index (χ1n) is 9.23. The van der Waals surface area contributed by atoms with Crippen LogP contribution < -0.4 is 5.32 Å². The smallest absolute Gasteiger partial charge is 0.355 e. The molecule has 0 atom stereocenters. The summed E-state index contributed by atoms with van der Waals surface area (Å²) in [6.07, 6.45) is 5.10. The molecule has 3 aromatic carbocycles. The van der Waals surface area contributed by atoms with Crippen LogP contribution in [0.2, 0.25) is 0 Å². The van der Waals surface area contributed by atoms with E-state index < -0.39 is 5.97 Å². The molecule has 0 aliphatic rings. The molecule has 4 heteroatoms. The summed E-state index contributed by atoms with van der Waals surface area (Å²) >= 11 is 0. The van der Waals surface area contributed by atoms with Gasteiger partial charge in [0.1, 0.15) is 12.3 Å². The van der Waals surface area contributed by atoms with Gasteiger partial charge in [0.15, 0.2) is 0 Å². The summed E-state index contributed by atoms with van der Waals surface area (Å²) in [6.45, 7) is 0.126.